The fourth-order valence-electron chi connectivity index (χ4n) is 2.40. The number of aromatic amines is 1. The maximum Gasteiger partial charge on any atom is 0.112 e. The van der Waals surface area contributed by atoms with Crippen molar-refractivity contribution >= 4 is 33.8 Å². The van der Waals surface area contributed by atoms with Gasteiger partial charge in [0.1, 0.15) is 11.6 Å². The highest BCUT2D eigenvalue weighted by atomic mass is 14.9. The minimum atomic E-state index is 0.227. The molecule has 0 atom stereocenters. The van der Waals surface area contributed by atoms with Gasteiger partial charge in [0.2, 0.25) is 0 Å². The molecule has 1 aromatic rings. The van der Waals surface area contributed by atoms with Crippen molar-refractivity contribution in [3.05, 3.63) is 29.6 Å². The first-order chi connectivity index (χ1) is 9.00. The minimum Gasteiger partial charge on any atom is -0.398 e. The Bertz CT molecular complexity index is 833. The zero-order valence-corrected chi connectivity index (χ0v) is 10.1. The van der Waals surface area contributed by atoms with Gasteiger partial charge < -0.3 is 27.9 Å². The first kappa shape index (κ1) is 11.2. The molecule has 19 heavy (non-hydrogen) atoms. The van der Waals surface area contributed by atoms with Crippen LogP contribution in [0.1, 0.15) is 0 Å². The van der Waals surface area contributed by atoms with Crippen molar-refractivity contribution < 1.29 is 0 Å². The maximum atomic E-state index is 8.35. The molecule has 0 spiro atoms. The van der Waals surface area contributed by atoms with Crippen LogP contribution in [0.3, 0.4) is 0 Å². The van der Waals surface area contributed by atoms with E-state index in [0.717, 1.165) is 5.56 Å². The normalized spacial score (nSPS) is 11.2. The Balaban J connectivity index is 2.68. The van der Waals surface area contributed by atoms with Gasteiger partial charge in [0.15, 0.2) is 0 Å². The Labute approximate surface area is 108 Å². The van der Waals surface area contributed by atoms with Crippen LogP contribution in [0.4, 0.5) is 23.0 Å². The second-order valence-electron chi connectivity index (χ2n) is 4.48. The van der Waals surface area contributed by atoms with Crippen LogP contribution in [0.15, 0.2) is 24.3 Å². The Morgan fingerprint density at radius 2 is 1.53 bits per heavy atom. The Kier molecular flexibility index (Phi) is 2.10. The van der Waals surface area contributed by atoms with Gasteiger partial charge in [-0.3, -0.25) is 5.41 Å². The topological polar surface area (TPSA) is 144 Å². The lowest BCUT2D eigenvalue weighted by Gasteiger charge is -2.03. The fraction of sp³-hybridized carbons (Fsp3) is 0. The number of H-pyrrole nitrogens is 1. The molecule has 10 N–H and O–H groups in total. The highest BCUT2D eigenvalue weighted by molar-refractivity contribution is 6.02. The molecule has 0 aliphatic heterocycles. The van der Waals surface area contributed by atoms with E-state index in [2.05, 4.69) is 4.98 Å². The predicted octanol–water partition coefficient (Wildman–Crippen LogP) is 1.08. The van der Waals surface area contributed by atoms with Gasteiger partial charge in [0.25, 0.3) is 0 Å². The summed E-state index contributed by atoms with van der Waals surface area (Å²) in [6, 6.07) is 7.04. The van der Waals surface area contributed by atoms with E-state index in [1.807, 2.05) is 0 Å². The van der Waals surface area contributed by atoms with Gasteiger partial charge >= 0.3 is 0 Å². The van der Waals surface area contributed by atoms with Crippen molar-refractivity contribution in [3.63, 3.8) is 0 Å². The standard InChI is InChI=1S/C13H14N6/c14-7-3-2-6-10(13(18)19-12(6)17)11(16)9-5(7)1-4-8(9)15/h1-4,16,19H,14-15,17-18H2. The molecule has 2 aliphatic rings. The van der Waals surface area contributed by atoms with Gasteiger partial charge in [-0.25, -0.2) is 0 Å². The van der Waals surface area contributed by atoms with E-state index in [9.17, 15) is 0 Å². The Morgan fingerprint density at radius 3 is 2.26 bits per heavy atom. The molecule has 1 aromatic heterocycles. The van der Waals surface area contributed by atoms with Crippen molar-refractivity contribution in [2.45, 2.75) is 0 Å². The minimum absolute atomic E-state index is 0.227. The van der Waals surface area contributed by atoms with Gasteiger partial charge in [-0.2, -0.15) is 0 Å². The third kappa shape index (κ3) is 1.40. The van der Waals surface area contributed by atoms with Gasteiger partial charge in [-0.05, 0) is 18.2 Å². The summed E-state index contributed by atoms with van der Waals surface area (Å²) in [6.45, 7) is 0. The summed E-state index contributed by atoms with van der Waals surface area (Å²) in [5.74, 6) is 0.768. The zero-order valence-electron chi connectivity index (χ0n) is 10.1. The molecule has 0 amide bonds. The molecule has 0 fully saturated rings. The van der Waals surface area contributed by atoms with Gasteiger partial charge in [-0.1, -0.05) is 6.07 Å². The number of nitrogens with two attached hydrogens (primary N) is 4. The quantitative estimate of drug-likeness (QED) is 0.356. The number of rotatable bonds is 0. The molecule has 0 unspecified atom stereocenters. The summed E-state index contributed by atoms with van der Waals surface area (Å²) in [5.41, 5.74) is 26.1. The second kappa shape index (κ2) is 3.55. The third-order valence-electron chi connectivity index (χ3n) is 3.33. The number of anilines is 4. The van der Waals surface area contributed by atoms with E-state index in [1.165, 1.54) is 0 Å². The van der Waals surface area contributed by atoms with Gasteiger partial charge in [0.05, 0.1) is 10.7 Å². The van der Waals surface area contributed by atoms with Crippen molar-refractivity contribution in [1.29, 1.82) is 5.41 Å². The Hall–Kier alpha value is -2.89. The third-order valence-corrected chi connectivity index (χ3v) is 3.33. The van der Waals surface area contributed by atoms with Crippen LogP contribution >= 0.6 is 0 Å². The monoisotopic (exact) mass is 254 g/mol. The van der Waals surface area contributed by atoms with E-state index in [4.69, 9.17) is 28.3 Å². The lowest BCUT2D eigenvalue weighted by Crippen LogP contribution is -2.07. The second-order valence-corrected chi connectivity index (χ2v) is 4.48. The van der Waals surface area contributed by atoms with Gasteiger partial charge in [0, 0.05) is 27.9 Å². The predicted molar refractivity (Wildman–Crippen MR) is 78.4 cm³/mol. The van der Waals surface area contributed by atoms with Crippen LogP contribution in [0, 0.1) is 5.41 Å². The van der Waals surface area contributed by atoms with E-state index in [0.29, 0.717) is 39.3 Å². The van der Waals surface area contributed by atoms with Crippen molar-refractivity contribution in [2.75, 3.05) is 22.9 Å². The van der Waals surface area contributed by atoms with E-state index < -0.39 is 0 Å². The van der Waals surface area contributed by atoms with Crippen LogP contribution < -0.4 is 28.3 Å². The number of hydrogen-bond acceptors (Lipinski definition) is 5. The van der Waals surface area contributed by atoms with Crippen molar-refractivity contribution in [2.24, 2.45) is 0 Å². The molecule has 0 radical (unpaired) electrons. The van der Waals surface area contributed by atoms with Gasteiger partial charge in [-0.15, -0.1) is 0 Å². The number of fused-ring (bicyclic) bond motifs is 2. The number of hydrogen-bond donors (Lipinski definition) is 6. The van der Waals surface area contributed by atoms with Crippen LogP contribution in [0.2, 0.25) is 0 Å². The largest absolute Gasteiger partial charge is 0.398 e. The fourth-order valence-corrected chi connectivity index (χ4v) is 2.40. The summed E-state index contributed by atoms with van der Waals surface area (Å²) in [5, 5.41) is 9.80. The number of nitrogen functional groups attached to an aromatic ring is 4. The lowest BCUT2D eigenvalue weighted by atomic mass is 10.0. The maximum absolute atomic E-state index is 8.35. The molecule has 1 heterocycles. The van der Waals surface area contributed by atoms with Crippen LogP contribution in [-0.2, 0) is 0 Å². The first-order valence-corrected chi connectivity index (χ1v) is 5.73. The van der Waals surface area contributed by atoms with Crippen molar-refractivity contribution in [3.8, 4) is 11.1 Å². The molecule has 2 aliphatic carbocycles. The number of aromatic nitrogens is 1. The smallest absolute Gasteiger partial charge is 0.112 e. The summed E-state index contributed by atoms with van der Waals surface area (Å²) in [4.78, 5) is 2.83. The highest BCUT2D eigenvalue weighted by Crippen LogP contribution is 2.33. The average molecular weight is 254 g/mol. The number of nitrogens with one attached hydrogen (secondary N) is 2. The Morgan fingerprint density at radius 1 is 0.842 bits per heavy atom. The summed E-state index contributed by atoms with van der Waals surface area (Å²) in [6.07, 6.45) is 0. The molecular weight excluding hydrogens is 240 g/mol. The molecule has 6 heteroatoms. The molecule has 3 rings (SSSR count). The van der Waals surface area contributed by atoms with Crippen LogP contribution in [0.5, 0.6) is 0 Å². The first-order valence-electron chi connectivity index (χ1n) is 5.73. The summed E-state index contributed by atoms with van der Waals surface area (Å²) >= 11 is 0. The van der Waals surface area contributed by atoms with E-state index in [-0.39, 0.29) is 5.36 Å². The zero-order chi connectivity index (χ0) is 13.7. The van der Waals surface area contributed by atoms with Crippen molar-refractivity contribution in [1.82, 2.24) is 4.98 Å². The van der Waals surface area contributed by atoms with E-state index in [1.54, 1.807) is 24.3 Å². The molecule has 0 saturated heterocycles. The SMILES string of the molecule is N=c1c2c(N)ccc-2c(N)ccc2c(N)[nH]c(N)c12. The van der Waals surface area contributed by atoms with Crippen LogP contribution in [-0.4, -0.2) is 4.98 Å². The molecule has 0 bridgehead atoms. The molecule has 96 valence electrons. The van der Waals surface area contributed by atoms with Crippen LogP contribution in [0.25, 0.3) is 21.9 Å². The summed E-state index contributed by atoms with van der Waals surface area (Å²) in [7, 11) is 0. The summed E-state index contributed by atoms with van der Waals surface area (Å²) < 4.78 is 0. The molecule has 0 saturated carbocycles. The lowest BCUT2D eigenvalue weighted by molar-refractivity contribution is 1.32. The molecule has 6 nitrogen and oxygen atoms in total. The molecule has 0 aromatic carbocycles. The average Bonchev–Trinajstić information content (AvgIpc) is 2.84. The molecular formula is C13H14N6. The van der Waals surface area contributed by atoms with E-state index >= 15 is 0 Å². The highest BCUT2D eigenvalue weighted by Gasteiger charge is 2.15.